The third-order valence-electron chi connectivity index (χ3n) is 2.04. The molecule has 1 rings (SSSR count). The predicted molar refractivity (Wildman–Crippen MR) is 53.5 cm³/mol. The quantitative estimate of drug-likeness (QED) is 0.758. The smallest absolute Gasteiger partial charge is 0.0837 e. The summed E-state index contributed by atoms with van der Waals surface area (Å²) < 4.78 is 0. The number of nitriles is 1. The summed E-state index contributed by atoms with van der Waals surface area (Å²) in [5, 5.41) is 11.9. The van der Waals surface area contributed by atoms with Crippen molar-refractivity contribution in [3.05, 3.63) is 35.4 Å². The molecular formula is C11H14N2. The summed E-state index contributed by atoms with van der Waals surface area (Å²) in [6.45, 7) is 2.75. The first-order chi connectivity index (χ1) is 6.27. The second-order valence-electron chi connectivity index (χ2n) is 3.15. The largest absolute Gasteiger partial charge is 0.318 e. The van der Waals surface area contributed by atoms with E-state index in [9.17, 15) is 0 Å². The zero-order valence-corrected chi connectivity index (χ0v) is 8.04. The lowest BCUT2D eigenvalue weighted by Gasteiger charge is -2.08. The van der Waals surface area contributed by atoms with Crippen molar-refractivity contribution in [1.82, 2.24) is 5.32 Å². The highest BCUT2D eigenvalue weighted by atomic mass is 14.8. The van der Waals surface area contributed by atoms with Crippen LogP contribution in [0.2, 0.25) is 0 Å². The van der Waals surface area contributed by atoms with Crippen LogP contribution in [0.1, 0.15) is 17.0 Å². The van der Waals surface area contributed by atoms with Gasteiger partial charge in [0.15, 0.2) is 0 Å². The van der Waals surface area contributed by atoms with Crippen molar-refractivity contribution in [2.75, 3.05) is 13.6 Å². The van der Waals surface area contributed by atoms with Crippen LogP contribution >= 0.6 is 0 Å². The van der Waals surface area contributed by atoms with Crippen molar-refractivity contribution >= 4 is 0 Å². The van der Waals surface area contributed by atoms with Gasteiger partial charge in [-0.05, 0) is 19.5 Å². The third-order valence-corrected chi connectivity index (χ3v) is 2.04. The minimum absolute atomic E-state index is 0.0365. The lowest BCUT2D eigenvalue weighted by molar-refractivity contribution is 0.734. The van der Waals surface area contributed by atoms with Crippen LogP contribution in [0, 0.1) is 18.3 Å². The van der Waals surface area contributed by atoms with Crippen LogP contribution < -0.4 is 5.32 Å². The Hall–Kier alpha value is -1.33. The Morgan fingerprint density at radius 2 is 2.00 bits per heavy atom. The van der Waals surface area contributed by atoms with Crippen molar-refractivity contribution in [3.8, 4) is 6.07 Å². The molecule has 1 aromatic rings. The SMILES string of the molecule is CNCC(C#N)c1ccc(C)cc1. The molecule has 0 amide bonds. The Kier molecular flexibility index (Phi) is 3.48. The molecule has 2 nitrogen and oxygen atoms in total. The van der Waals surface area contributed by atoms with Crippen molar-refractivity contribution in [2.45, 2.75) is 12.8 Å². The van der Waals surface area contributed by atoms with Crippen molar-refractivity contribution < 1.29 is 0 Å². The Morgan fingerprint density at radius 1 is 1.38 bits per heavy atom. The first-order valence-corrected chi connectivity index (χ1v) is 4.38. The highest BCUT2D eigenvalue weighted by Gasteiger charge is 2.07. The maximum atomic E-state index is 8.89. The Labute approximate surface area is 79.2 Å². The molecule has 1 N–H and O–H groups in total. The summed E-state index contributed by atoms with van der Waals surface area (Å²) in [7, 11) is 1.86. The van der Waals surface area contributed by atoms with E-state index in [0.29, 0.717) is 6.54 Å². The predicted octanol–water partition coefficient (Wildman–Crippen LogP) is 1.82. The van der Waals surface area contributed by atoms with Crippen LogP contribution in [0.15, 0.2) is 24.3 Å². The van der Waals surface area contributed by atoms with Crippen molar-refractivity contribution in [1.29, 1.82) is 5.26 Å². The van der Waals surface area contributed by atoms with Gasteiger partial charge >= 0.3 is 0 Å². The topological polar surface area (TPSA) is 35.8 Å². The highest BCUT2D eigenvalue weighted by Crippen LogP contribution is 2.14. The molecule has 0 fully saturated rings. The van der Waals surface area contributed by atoms with E-state index in [1.807, 2.05) is 38.2 Å². The summed E-state index contributed by atoms with van der Waals surface area (Å²) >= 11 is 0. The van der Waals surface area contributed by atoms with Gasteiger partial charge in [-0.25, -0.2) is 0 Å². The summed E-state index contributed by atoms with van der Waals surface area (Å²) in [5.41, 5.74) is 2.31. The molecular weight excluding hydrogens is 160 g/mol. The minimum Gasteiger partial charge on any atom is -0.318 e. The molecule has 1 aromatic carbocycles. The molecule has 0 radical (unpaired) electrons. The lowest BCUT2D eigenvalue weighted by Crippen LogP contribution is -2.15. The van der Waals surface area contributed by atoms with E-state index in [2.05, 4.69) is 11.4 Å². The van der Waals surface area contributed by atoms with Crippen molar-refractivity contribution in [2.24, 2.45) is 0 Å². The van der Waals surface area contributed by atoms with Gasteiger partial charge in [0.2, 0.25) is 0 Å². The number of nitrogens with zero attached hydrogens (tertiary/aromatic N) is 1. The van der Waals surface area contributed by atoms with E-state index >= 15 is 0 Å². The summed E-state index contributed by atoms with van der Waals surface area (Å²) in [4.78, 5) is 0. The molecule has 0 saturated carbocycles. The van der Waals surface area contributed by atoms with Crippen LogP contribution in [-0.4, -0.2) is 13.6 Å². The average molecular weight is 174 g/mol. The number of aryl methyl sites for hydroxylation is 1. The molecule has 0 aliphatic rings. The number of rotatable bonds is 3. The molecule has 0 spiro atoms. The van der Waals surface area contributed by atoms with Crippen LogP contribution in [0.25, 0.3) is 0 Å². The Bertz CT molecular complexity index is 295. The van der Waals surface area contributed by atoms with E-state index < -0.39 is 0 Å². The first-order valence-electron chi connectivity index (χ1n) is 4.38. The third kappa shape index (κ3) is 2.57. The molecule has 0 aliphatic carbocycles. The van der Waals surface area contributed by atoms with E-state index in [-0.39, 0.29) is 5.92 Å². The van der Waals surface area contributed by atoms with Crippen LogP contribution in [-0.2, 0) is 0 Å². The summed E-state index contributed by atoms with van der Waals surface area (Å²) in [6.07, 6.45) is 0. The molecule has 0 saturated heterocycles. The van der Waals surface area contributed by atoms with E-state index in [1.54, 1.807) is 0 Å². The molecule has 1 atom stereocenters. The van der Waals surface area contributed by atoms with Gasteiger partial charge in [-0.2, -0.15) is 5.26 Å². The molecule has 13 heavy (non-hydrogen) atoms. The van der Waals surface area contributed by atoms with Gasteiger partial charge in [0.05, 0.1) is 12.0 Å². The number of hydrogen-bond donors (Lipinski definition) is 1. The van der Waals surface area contributed by atoms with Gasteiger partial charge in [0, 0.05) is 6.54 Å². The summed E-state index contributed by atoms with van der Waals surface area (Å²) in [5.74, 6) is -0.0365. The zero-order chi connectivity index (χ0) is 9.68. The van der Waals surface area contributed by atoms with E-state index in [4.69, 9.17) is 5.26 Å². The number of likely N-dealkylation sites (N-methyl/N-ethyl adjacent to an activating group) is 1. The first kappa shape index (κ1) is 9.76. The van der Waals surface area contributed by atoms with E-state index in [0.717, 1.165) is 5.56 Å². The van der Waals surface area contributed by atoms with Gasteiger partial charge in [0.25, 0.3) is 0 Å². The highest BCUT2D eigenvalue weighted by molar-refractivity contribution is 5.28. The van der Waals surface area contributed by atoms with E-state index in [1.165, 1.54) is 5.56 Å². The minimum atomic E-state index is -0.0365. The molecule has 0 aliphatic heterocycles. The monoisotopic (exact) mass is 174 g/mol. The maximum absolute atomic E-state index is 8.89. The fourth-order valence-electron chi connectivity index (χ4n) is 1.24. The van der Waals surface area contributed by atoms with Crippen molar-refractivity contribution in [3.63, 3.8) is 0 Å². The summed E-state index contributed by atoms with van der Waals surface area (Å²) in [6, 6.07) is 10.4. The molecule has 0 heterocycles. The van der Waals surface area contributed by atoms with Crippen LogP contribution in [0.4, 0.5) is 0 Å². The Morgan fingerprint density at radius 3 is 2.46 bits per heavy atom. The fourth-order valence-corrected chi connectivity index (χ4v) is 1.24. The molecule has 2 heteroatoms. The van der Waals surface area contributed by atoms with Gasteiger partial charge in [-0.3, -0.25) is 0 Å². The average Bonchev–Trinajstić information content (AvgIpc) is 2.16. The van der Waals surface area contributed by atoms with Gasteiger partial charge in [-0.1, -0.05) is 29.8 Å². The maximum Gasteiger partial charge on any atom is 0.0837 e. The van der Waals surface area contributed by atoms with Gasteiger partial charge in [-0.15, -0.1) is 0 Å². The second-order valence-corrected chi connectivity index (χ2v) is 3.15. The fraction of sp³-hybridized carbons (Fsp3) is 0.364. The number of benzene rings is 1. The number of hydrogen-bond acceptors (Lipinski definition) is 2. The number of nitrogens with one attached hydrogen (secondary N) is 1. The second kappa shape index (κ2) is 4.64. The molecule has 68 valence electrons. The zero-order valence-electron chi connectivity index (χ0n) is 8.04. The Balaban J connectivity index is 2.81. The molecule has 0 aromatic heterocycles. The normalized spacial score (nSPS) is 12.1. The molecule has 1 unspecified atom stereocenters. The standard InChI is InChI=1S/C11H14N2/c1-9-3-5-10(6-4-9)11(7-12)8-13-2/h3-6,11,13H,8H2,1-2H3. The van der Waals surface area contributed by atoms with Crippen LogP contribution in [0.3, 0.4) is 0 Å². The lowest BCUT2D eigenvalue weighted by atomic mass is 10.00. The van der Waals surface area contributed by atoms with Gasteiger partial charge < -0.3 is 5.32 Å². The molecule has 0 bridgehead atoms. The van der Waals surface area contributed by atoms with Crippen LogP contribution in [0.5, 0.6) is 0 Å². The van der Waals surface area contributed by atoms with Gasteiger partial charge in [0.1, 0.15) is 0 Å².